The molecule has 0 radical (unpaired) electrons. The molecule has 1 fully saturated rings. The van der Waals surface area contributed by atoms with Crippen molar-refractivity contribution in [3.63, 3.8) is 0 Å². The largest absolute Gasteiger partial charge is 0.485 e. The Morgan fingerprint density at radius 2 is 0.542 bits per heavy atom. The van der Waals surface area contributed by atoms with Gasteiger partial charge in [-0.1, -0.05) is 182 Å². The van der Waals surface area contributed by atoms with E-state index in [0.29, 0.717) is 47.3 Å². The van der Waals surface area contributed by atoms with Crippen LogP contribution in [0.3, 0.4) is 0 Å². The fourth-order valence-electron chi connectivity index (χ4n) is 8.25. The highest BCUT2D eigenvalue weighted by Gasteiger charge is 2.34. The van der Waals surface area contributed by atoms with Gasteiger partial charge in [-0.2, -0.15) is 0 Å². The second kappa shape index (κ2) is 24.9. The van der Waals surface area contributed by atoms with E-state index in [2.05, 4.69) is 0 Å². The highest BCUT2D eigenvalue weighted by Crippen LogP contribution is 2.43. The summed E-state index contributed by atoms with van der Waals surface area (Å²) in [6, 6.07) is 65.1. The van der Waals surface area contributed by atoms with Crippen molar-refractivity contribution in [2.24, 2.45) is 0 Å². The zero-order valence-corrected chi connectivity index (χ0v) is 39.9. The molecule has 0 aliphatic heterocycles. The molecule has 0 N–H and O–H groups in total. The third-order valence-electron chi connectivity index (χ3n) is 12.1. The van der Waals surface area contributed by atoms with E-state index in [9.17, 15) is 9.59 Å². The Hall–Kier alpha value is -8.50. The van der Waals surface area contributed by atoms with Gasteiger partial charge in [0.1, 0.15) is 51.8 Å². The summed E-state index contributed by atoms with van der Waals surface area (Å²) >= 11 is 0. The molecule has 0 saturated heterocycles. The summed E-state index contributed by atoms with van der Waals surface area (Å²) in [6.07, 6.45) is 1.03. The van der Waals surface area contributed by atoms with Gasteiger partial charge in [-0.25, -0.2) is 9.59 Å². The van der Waals surface area contributed by atoms with Crippen molar-refractivity contribution in [2.45, 2.75) is 77.5 Å². The standard InChI is InChI=1S/C62H56O10/c63-61(51-35-55(65-39-45-21-7-1-8-22-45)59(69-43-49-29-15-5-16-30-49)56(36-51)66-40-46-23-9-2-10-24-46)71-53-33-19-20-34-54(53)72-62(64)52-37-57(67-41-47-25-11-3-12-26-47)60(70-44-50-31-17-6-18-32-50)58(38-52)68-42-48-27-13-4-14-28-48/h1-18,21-32,35-38,53-54H,19-20,33-34,39-44H2/t53-,54+. The Morgan fingerprint density at radius 3 is 0.778 bits per heavy atom. The molecule has 0 heterocycles. The van der Waals surface area contributed by atoms with Gasteiger partial charge in [-0.05, 0) is 83.3 Å². The number of rotatable bonds is 22. The van der Waals surface area contributed by atoms with Crippen LogP contribution in [0.4, 0.5) is 0 Å². The number of hydrogen-bond acceptors (Lipinski definition) is 10. The summed E-state index contributed by atoms with van der Waals surface area (Å²) in [5.41, 5.74) is 5.98. The lowest BCUT2D eigenvalue weighted by molar-refractivity contribution is -0.0514. The molecule has 9 rings (SSSR count). The molecule has 8 aromatic carbocycles. The van der Waals surface area contributed by atoms with Gasteiger partial charge in [0.15, 0.2) is 23.0 Å². The molecule has 0 spiro atoms. The smallest absolute Gasteiger partial charge is 0.338 e. The first-order valence-electron chi connectivity index (χ1n) is 24.3. The molecule has 2 atom stereocenters. The molecule has 10 nitrogen and oxygen atoms in total. The highest BCUT2D eigenvalue weighted by atomic mass is 16.6. The first-order valence-corrected chi connectivity index (χ1v) is 24.3. The number of ether oxygens (including phenoxy) is 8. The minimum Gasteiger partial charge on any atom is -0.485 e. The van der Waals surface area contributed by atoms with Crippen molar-refractivity contribution < 1.29 is 47.5 Å². The van der Waals surface area contributed by atoms with Gasteiger partial charge in [-0.3, -0.25) is 0 Å². The maximum absolute atomic E-state index is 14.5. The molecule has 0 unspecified atom stereocenters. The summed E-state index contributed by atoms with van der Waals surface area (Å²) in [6.45, 7) is 1.29. The van der Waals surface area contributed by atoms with Crippen molar-refractivity contribution in [2.75, 3.05) is 0 Å². The average Bonchev–Trinajstić information content (AvgIpc) is 3.44. The van der Waals surface area contributed by atoms with Crippen LogP contribution in [-0.4, -0.2) is 24.1 Å². The van der Waals surface area contributed by atoms with Crippen molar-refractivity contribution in [3.8, 4) is 34.5 Å². The van der Waals surface area contributed by atoms with Gasteiger partial charge in [0.25, 0.3) is 0 Å². The van der Waals surface area contributed by atoms with Crippen LogP contribution in [0.25, 0.3) is 0 Å². The molecule has 1 aliphatic carbocycles. The van der Waals surface area contributed by atoms with E-state index in [4.69, 9.17) is 37.9 Å². The molecule has 8 aromatic rings. The van der Waals surface area contributed by atoms with E-state index in [1.807, 2.05) is 182 Å². The van der Waals surface area contributed by atoms with Crippen LogP contribution >= 0.6 is 0 Å². The molecule has 0 aromatic heterocycles. The average molecular weight is 961 g/mol. The van der Waals surface area contributed by atoms with Crippen LogP contribution in [0.2, 0.25) is 0 Å². The van der Waals surface area contributed by atoms with Crippen molar-refractivity contribution >= 4 is 11.9 Å². The van der Waals surface area contributed by atoms with Crippen molar-refractivity contribution in [1.82, 2.24) is 0 Å². The monoisotopic (exact) mass is 960 g/mol. The summed E-state index contributed by atoms with van der Waals surface area (Å²) < 4.78 is 51.3. The Labute approximate surface area is 420 Å². The summed E-state index contributed by atoms with van der Waals surface area (Å²) in [4.78, 5) is 28.9. The van der Waals surface area contributed by atoms with E-state index >= 15 is 0 Å². The maximum atomic E-state index is 14.5. The van der Waals surface area contributed by atoms with E-state index in [1.54, 1.807) is 24.3 Å². The number of carbonyl (C=O) groups is 2. The topological polar surface area (TPSA) is 108 Å². The number of benzene rings is 8. The van der Waals surface area contributed by atoms with Crippen molar-refractivity contribution in [1.29, 1.82) is 0 Å². The lowest BCUT2D eigenvalue weighted by Crippen LogP contribution is -2.38. The molecule has 72 heavy (non-hydrogen) atoms. The minimum absolute atomic E-state index is 0.190. The predicted molar refractivity (Wildman–Crippen MR) is 274 cm³/mol. The van der Waals surface area contributed by atoms with Gasteiger partial charge in [0.05, 0.1) is 11.1 Å². The fraction of sp³-hybridized carbons (Fsp3) is 0.194. The summed E-state index contributed by atoms with van der Waals surface area (Å²) in [5, 5.41) is 0. The van der Waals surface area contributed by atoms with Crippen LogP contribution in [0.15, 0.2) is 206 Å². The van der Waals surface area contributed by atoms with Crippen LogP contribution in [0.5, 0.6) is 34.5 Å². The molecule has 1 saturated carbocycles. The molecule has 364 valence electrons. The first kappa shape index (κ1) is 48.5. The quantitative estimate of drug-likeness (QED) is 0.0609. The molecule has 1 aliphatic rings. The molecule has 0 amide bonds. The fourth-order valence-corrected chi connectivity index (χ4v) is 8.25. The van der Waals surface area contributed by atoms with E-state index in [0.717, 1.165) is 46.2 Å². The summed E-state index contributed by atoms with van der Waals surface area (Å²) in [5.74, 6) is 0.692. The maximum Gasteiger partial charge on any atom is 0.338 e. The molecular formula is C62H56O10. The number of carbonyl (C=O) groups excluding carboxylic acids is 2. The van der Waals surface area contributed by atoms with Gasteiger partial charge in [0.2, 0.25) is 11.5 Å². The highest BCUT2D eigenvalue weighted by molar-refractivity contribution is 5.92. The lowest BCUT2D eigenvalue weighted by Gasteiger charge is -2.31. The van der Waals surface area contributed by atoms with E-state index in [1.165, 1.54) is 0 Å². The Morgan fingerprint density at radius 1 is 0.319 bits per heavy atom. The molecule has 10 heteroatoms. The zero-order chi connectivity index (χ0) is 49.2. The molecular weight excluding hydrogens is 905 g/mol. The Bertz CT molecular complexity index is 2620. The third-order valence-corrected chi connectivity index (χ3v) is 12.1. The molecule has 0 bridgehead atoms. The number of esters is 2. The second-order valence-electron chi connectivity index (χ2n) is 17.4. The van der Waals surface area contributed by atoms with Gasteiger partial charge in [-0.15, -0.1) is 0 Å². The van der Waals surface area contributed by atoms with Crippen LogP contribution < -0.4 is 28.4 Å². The first-order chi connectivity index (χ1) is 35.5. The second-order valence-corrected chi connectivity index (χ2v) is 17.4. The summed E-state index contributed by atoms with van der Waals surface area (Å²) in [7, 11) is 0. The van der Waals surface area contributed by atoms with Crippen LogP contribution in [-0.2, 0) is 49.1 Å². The van der Waals surface area contributed by atoms with Crippen LogP contribution in [0.1, 0.15) is 79.8 Å². The van der Waals surface area contributed by atoms with E-state index < -0.39 is 24.1 Å². The minimum atomic E-state index is -0.748. The van der Waals surface area contributed by atoms with Gasteiger partial charge >= 0.3 is 11.9 Å². The Balaban J connectivity index is 0.990. The third kappa shape index (κ3) is 13.6. The Kier molecular flexibility index (Phi) is 16.8. The predicted octanol–water partition coefficient (Wildman–Crippen LogP) is 13.5. The zero-order valence-electron chi connectivity index (χ0n) is 39.9. The SMILES string of the molecule is O=C(O[C@H]1CCCC[C@H]1OC(=O)c1cc(OCc2ccccc2)c(OCc2ccccc2)c(OCc2ccccc2)c1)c1cc(OCc2ccccc2)c(OCc2ccccc2)c(OCc2ccccc2)c1. The van der Waals surface area contributed by atoms with Crippen LogP contribution in [0, 0.1) is 0 Å². The van der Waals surface area contributed by atoms with Crippen molar-refractivity contribution in [3.05, 3.63) is 251 Å². The van der Waals surface area contributed by atoms with E-state index in [-0.39, 0.29) is 50.8 Å². The normalized spacial score (nSPS) is 14.1. The lowest BCUT2D eigenvalue weighted by atomic mass is 9.94. The van der Waals surface area contributed by atoms with Gasteiger partial charge < -0.3 is 37.9 Å². The van der Waals surface area contributed by atoms with Gasteiger partial charge in [0, 0.05) is 0 Å². The number of hydrogen-bond donors (Lipinski definition) is 0.